The van der Waals surface area contributed by atoms with Crippen molar-refractivity contribution in [1.82, 2.24) is 10.2 Å². The summed E-state index contributed by atoms with van der Waals surface area (Å²) in [6.07, 6.45) is 3.27. The van der Waals surface area contributed by atoms with E-state index in [0.717, 1.165) is 32.0 Å². The van der Waals surface area contributed by atoms with Crippen molar-refractivity contribution in [2.75, 3.05) is 13.1 Å². The average molecular weight is 282 g/mol. The predicted octanol–water partition coefficient (Wildman–Crippen LogP) is 2.46. The van der Waals surface area contributed by atoms with Crippen molar-refractivity contribution in [3.05, 3.63) is 35.4 Å². The molecule has 1 aliphatic rings. The molecule has 1 unspecified atom stereocenters. The fourth-order valence-corrected chi connectivity index (χ4v) is 2.40. The first-order valence-electron chi connectivity index (χ1n) is 7.04. The molecule has 2 rings (SSSR count). The van der Waals surface area contributed by atoms with Gasteiger partial charge in [-0.15, -0.1) is 0 Å². The SMILES string of the molecule is CC(NCc1ccc(F)cc1F)C(=O)N1CCCCC1. The lowest BCUT2D eigenvalue weighted by Gasteiger charge is -2.29. The summed E-state index contributed by atoms with van der Waals surface area (Å²) in [6, 6.07) is 3.11. The van der Waals surface area contributed by atoms with Crippen LogP contribution in [0.4, 0.5) is 8.78 Å². The second-order valence-corrected chi connectivity index (χ2v) is 5.22. The topological polar surface area (TPSA) is 32.3 Å². The van der Waals surface area contributed by atoms with E-state index in [1.165, 1.54) is 18.6 Å². The van der Waals surface area contributed by atoms with Crippen LogP contribution in [0.15, 0.2) is 18.2 Å². The lowest BCUT2D eigenvalue weighted by Crippen LogP contribution is -2.46. The molecular weight excluding hydrogens is 262 g/mol. The smallest absolute Gasteiger partial charge is 0.239 e. The third-order valence-corrected chi connectivity index (χ3v) is 3.65. The van der Waals surface area contributed by atoms with Crippen LogP contribution in [0.3, 0.4) is 0 Å². The number of likely N-dealkylation sites (tertiary alicyclic amines) is 1. The lowest BCUT2D eigenvalue weighted by atomic mass is 10.1. The Hall–Kier alpha value is -1.49. The van der Waals surface area contributed by atoms with Crippen molar-refractivity contribution in [2.45, 2.75) is 38.8 Å². The lowest BCUT2D eigenvalue weighted by molar-refractivity contribution is -0.133. The van der Waals surface area contributed by atoms with Crippen LogP contribution in [-0.4, -0.2) is 29.9 Å². The Morgan fingerprint density at radius 1 is 1.30 bits per heavy atom. The van der Waals surface area contributed by atoms with Crippen molar-refractivity contribution in [3.8, 4) is 0 Å². The van der Waals surface area contributed by atoms with Crippen molar-refractivity contribution < 1.29 is 13.6 Å². The van der Waals surface area contributed by atoms with Gasteiger partial charge in [0.15, 0.2) is 0 Å². The van der Waals surface area contributed by atoms with Gasteiger partial charge in [0.1, 0.15) is 11.6 Å². The number of benzene rings is 1. The minimum Gasteiger partial charge on any atom is -0.341 e. The molecule has 0 spiro atoms. The normalized spacial score (nSPS) is 17.1. The number of nitrogens with zero attached hydrogens (tertiary/aromatic N) is 1. The summed E-state index contributed by atoms with van der Waals surface area (Å²) in [5.41, 5.74) is 0.365. The van der Waals surface area contributed by atoms with Gasteiger partial charge in [-0.25, -0.2) is 8.78 Å². The molecule has 1 N–H and O–H groups in total. The third-order valence-electron chi connectivity index (χ3n) is 3.65. The van der Waals surface area contributed by atoms with Crippen molar-refractivity contribution in [3.63, 3.8) is 0 Å². The zero-order chi connectivity index (χ0) is 14.5. The molecule has 1 heterocycles. The molecule has 5 heteroatoms. The first-order valence-corrected chi connectivity index (χ1v) is 7.04. The van der Waals surface area contributed by atoms with Crippen LogP contribution >= 0.6 is 0 Å². The number of carbonyl (C=O) groups is 1. The third kappa shape index (κ3) is 3.76. The maximum absolute atomic E-state index is 13.5. The van der Waals surface area contributed by atoms with Gasteiger partial charge in [0.2, 0.25) is 5.91 Å². The molecule has 0 bridgehead atoms. The van der Waals surface area contributed by atoms with Gasteiger partial charge in [-0.1, -0.05) is 6.07 Å². The highest BCUT2D eigenvalue weighted by Crippen LogP contribution is 2.12. The highest BCUT2D eigenvalue weighted by atomic mass is 19.1. The molecule has 1 atom stereocenters. The fraction of sp³-hybridized carbons (Fsp3) is 0.533. The van der Waals surface area contributed by atoms with Crippen LogP contribution in [0.5, 0.6) is 0 Å². The molecular formula is C15H20F2N2O. The number of nitrogens with one attached hydrogen (secondary N) is 1. The maximum Gasteiger partial charge on any atom is 0.239 e. The van der Waals surface area contributed by atoms with E-state index in [-0.39, 0.29) is 18.5 Å². The van der Waals surface area contributed by atoms with E-state index < -0.39 is 11.6 Å². The van der Waals surface area contributed by atoms with Gasteiger partial charge >= 0.3 is 0 Å². The summed E-state index contributed by atoms with van der Waals surface area (Å²) in [7, 11) is 0. The summed E-state index contributed by atoms with van der Waals surface area (Å²) in [5, 5.41) is 3.00. The quantitative estimate of drug-likeness (QED) is 0.920. The molecule has 1 amide bonds. The molecule has 0 saturated carbocycles. The number of rotatable bonds is 4. The van der Waals surface area contributed by atoms with E-state index in [1.807, 2.05) is 4.90 Å². The van der Waals surface area contributed by atoms with E-state index in [0.29, 0.717) is 5.56 Å². The van der Waals surface area contributed by atoms with E-state index in [1.54, 1.807) is 6.92 Å². The van der Waals surface area contributed by atoms with Gasteiger partial charge in [-0.3, -0.25) is 4.79 Å². The summed E-state index contributed by atoms with van der Waals surface area (Å²) < 4.78 is 26.3. The zero-order valence-electron chi connectivity index (χ0n) is 11.7. The van der Waals surface area contributed by atoms with E-state index >= 15 is 0 Å². The Morgan fingerprint density at radius 2 is 2.00 bits per heavy atom. The van der Waals surface area contributed by atoms with Crippen LogP contribution < -0.4 is 5.32 Å². The van der Waals surface area contributed by atoms with Crippen molar-refractivity contribution in [1.29, 1.82) is 0 Å². The number of carbonyl (C=O) groups excluding carboxylic acids is 1. The van der Waals surface area contributed by atoms with Crippen LogP contribution in [-0.2, 0) is 11.3 Å². The molecule has 110 valence electrons. The van der Waals surface area contributed by atoms with E-state index in [2.05, 4.69) is 5.32 Å². The molecule has 20 heavy (non-hydrogen) atoms. The Bertz CT molecular complexity index is 473. The van der Waals surface area contributed by atoms with Gasteiger partial charge in [-0.05, 0) is 32.3 Å². The average Bonchev–Trinajstić information content (AvgIpc) is 2.46. The number of hydrogen-bond acceptors (Lipinski definition) is 2. The minimum absolute atomic E-state index is 0.0484. The summed E-state index contributed by atoms with van der Waals surface area (Å²) in [4.78, 5) is 14.0. The number of hydrogen-bond donors (Lipinski definition) is 1. The second-order valence-electron chi connectivity index (χ2n) is 5.22. The van der Waals surface area contributed by atoms with Gasteiger partial charge in [0.05, 0.1) is 6.04 Å². The highest BCUT2D eigenvalue weighted by Gasteiger charge is 2.21. The van der Waals surface area contributed by atoms with E-state index in [9.17, 15) is 13.6 Å². The number of halogens is 2. The Balaban J connectivity index is 1.87. The zero-order valence-corrected chi connectivity index (χ0v) is 11.7. The Morgan fingerprint density at radius 3 is 2.65 bits per heavy atom. The molecule has 1 aromatic rings. The van der Waals surface area contributed by atoms with Crippen molar-refractivity contribution in [2.24, 2.45) is 0 Å². The van der Waals surface area contributed by atoms with Crippen LogP contribution in [0.25, 0.3) is 0 Å². The molecule has 0 aromatic heterocycles. The molecule has 1 aliphatic heterocycles. The molecule has 1 saturated heterocycles. The van der Waals surface area contributed by atoms with Crippen LogP contribution in [0.2, 0.25) is 0 Å². The van der Waals surface area contributed by atoms with Crippen LogP contribution in [0.1, 0.15) is 31.7 Å². The largest absolute Gasteiger partial charge is 0.341 e. The first kappa shape index (κ1) is 14.9. The van der Waals surface area contributed by atoms with Gasteiger partial charge in [0, 0.05) is 31.3 Å². The number of amides is 1. The van der Waals surface area contributed by atoms with Gasteiger partial charge < -0.3 is 10.2 Å². The summed E-state index contributed by atoms with van der Waals surface area (Å²) in [6.45, 7) is 3.59. The Kier molecular flexibility index (Phi) is 5.06. The monoisotopic (exact) mass is 282 g/mol. The van der Waals surface area contributed by atoms with Crippen LogP contribution in [0, 0.1) is 11.6 Å². The molecule has 0 radical (unpaired) electrons. The fourth-order valence-electron chi connectivity index (χ4n) is 2.40. The molecule has 0 aliphatic carbocycles. The minimum atomic E-state index is -0.594. The highest BCUT2D eigenvalue weighted by molar-refractivity contribution is 5.81. The molecule has 1 aromatic carbocycles. The maximum atomic E-state index is 13.5. The first-order chi connectivity index (χ1) is 9.58. The number of piperidine rings is 1. The standard InChI is InChI=1S/C15H20F2N2O/c1-11(15(20)19-7-3-2-4-8-19)18-10-12-5-6-13(16)9-14(12)17/h5-6,9,11,18H,2-4,7-8,10H2,1H3. The van der Waals surface area contributed by atoms with Crippen molar-refractivity contribution >= 4 is 5.91 Å². The second kappa shape index (κ2) is 6.79. The molecule has 1 fully saturated rings. The van der Waals surface area contributed by atoms with E-state index in [4.69, 9.17) is 0 Å². The Labute approximate surface area is 118 Å². The van der Waals surface area contributed by atoms with Gasteiger partial charge in [0.25, 0.3) is 0 Å². The molecule has 3 nitrogen and oxygen atoms in total. The summed E-state index contributed by atoms with van der Waals surface area (Å²) in [5.74, 6) is -1.13. The van der Waals surface area contributed by atoms with Gasteiger partial charge in [-0.2, -0.15) is 0 Å². The predicted molar refractivity (Wildman–Crippen MR) is 73.1 cm³/mol. The summed E-state index contributed by atoms with van der Waals surface area (Å²) >= 11 is 0.